The number of carbonyl (C=O) groups excluding carboxylic acids is 2. The maximum absolute atomic E-state index is 12.7. The number of thiophene rings is 1. The van der Waals surface area contributed by atoms with Crippen molar-refractivity contribution >= 4 is 45.7 Å². The van der Waals surface area contributed by atoms with Crippen LogP contribution in [0, 0.1) is 0 Å². The van der Waals surface area contributed by atoms with E-state index < -0.39 is 0 Å². The summed E-state index contributed by atoms with van der Waals surface area (Å²) in [5.41, 5.74) is 1.89. The van der Waals surface area contributed by atoms with Crippen molar-refractivity contribution in [1.29, 1.82) is 0 Å². The summed E-state index contributed by atoms with van der Waals surface area (Å²) in [5, 5.41) is 0. The van der Waals surface area contributed by atoms with E-state index in [0.717, 1.165) is 29.7 Å². The molecular weight excluding hydrogens is 370 g/mol. The van der Waals surface area contributed by atoms with E-state index >= 15 is 0 Å². The van der Waals surface area contributed by atoms with Crippen molar-refractivity contribution < 1.29 is 9.59 Å². The number of ketones is 1. The third-order valence-electron chi connectivity index (χ3n) is 4.71. The first-order valence-electron chi connectivity index (χ1n) is 8.64. The van der Waals surface area contributed by atoms with Gasteiger partial charge in [0.2, 0.25) is 5.91 Å². The van der Waals surface area contributed by atoms with Crippen molar-refractivity contribution in [1.82, 2.24) is 14.9 Å². The average molecular weight is 388 g/mol. The first kappa shape index (κ1) is 17.2. The van der Waals surface area contributed by atoms with Crippen LogP contribution in [0.4, 0.5) is 0 Å². The minimum absolute atomic E-state index is 0.00367. The number of halogens is 1. The van der Waals surface area contributed by atoms with Gasteiger partial charge in [0.1, 0.15) is 5.82 Å². The molecule has 0 aliphatic carbocycles. The van der Waals surface area contributed by atoms with Crippen molar-refractivity contribution in [2.24, 2.45) is 0 Å². The number of fused-ring (bicyclic) bond motifs is 1. The van der Waals surface area contributed by atoms with Gasteiger partial charge in [0, 0.05) is 19.4 Å². The highest BCUT2D eigenvalue weighted by atomic mass is 35.5. The molecule has 26 heavy (non-hydrogen) atoms. The SMILES string of the molecule is O=C(CCC(=O)N1CCCC1c1nc2ccccc2[nH]1)c1ccc(Cl)s1. The molecule has 0 saturated carbocycles. The molecule has 0 radical (unpaired) electrons. The van der Waals surface area contributed by atoms with Crippen molar-refractivity contribution in [3.63, 3.8) is 0 Å². The number of nitrogens with one attached hydrogen (secondary N) is 1. The fraction of sp³-hybridized carbons (Fsp3) is 0.316. The van der Waals surface area contributed by atoms with Gasteiger partial charge in [-0.3, -0.25) is 9.59 Å². The summed E-state index contributed by atoms with van der Waals surface area (Å²) in [5.74, 6) is 0.798. The monoisotopic (exact) mass is 387 g/mol. The summed E-state index contributed by atoms with van der Waals surface area (Å²) < 4.78 is 0.587. The molecule has 134 valence electrons. The lowest BCUT2D eigenvalue weighted by Crippen LogP contribution is -2.31. The molecule has 1 aliphatic rings. The molecule has 1 aliphatic heterocycles. The van der Waals surface area contributed by atoms with Gasteiger partial charge in [0.25, 0.3) is 0 Å². The summed E-state index contributed by atoms with van der Waals surface area (Å²) in [6, 6.07) is 11.2. The maximum Gasteiger partial charge on any atom is 0.223 e. The predicted octanol–water partition coefficient (Wildman–Crippen LogP) is 4.60. The van der Waals surface area contributed by atoms with Crippen LogP contribution >= 0.6 is 22.9 Å². The zero-order chi connectivity index (χ0) is 18.1. The second-order valence-electron chi connectivity index (χ2n) is 6.41. The maximum atomic E-state index is 12.7. The molecule has 0 spiro atoms. The number of rotatable bonds is 5. The molecule has 1 amide bonds. The van der Waals surface area contributed by atoms with Gasteiger partial charge in [0.15, 0.2) is 5.78 Å². The molecular formula is C19H18ClN3O2S. The molecule has 3 heterocycles. The number of carbonyl (C=O) groups is 2. The quantitative estimate of drug-likeness (QED) is 0.650. The van der Waals surface area contributed by atoms with Gasteiger partial charge in [-0.05, 0) is 37.1 Å². The summed E-state index contributed by atoms with van der Waals surface area (Å²) >= 11 is 7.13. The van der Waals surface area contributed by atoms with Crippen molar-refractivity contribution in [3.05, 3.63) is 51.4 Å². The number of amides is 1. The number of imidazole rings is 1. The molecule has 3 aromatic rings. The third-order valence-corrected chi connectivity index (χ3v) is 5.98. The highest BCUT2D eigenvalue weighted by Crippen LogP contribution is 2.32. The Kier molecular flexibility index (Phi) is 4.78. The molecule has 1 atom stereocenters. The van der Waals surface area contributed by atoms with Gasteiger partial charge in [0.05, 0.1) is 26.3 Å². The van der Waals surface area contributed by atoms with E-state index in [-0.39, 0.29) is 30.6 Å². The van der Waals surface area contributed by atoms with Crippen molar-refractivity contribution in [3.8, 4) is 0 Å². The Bertz CT molecular complexity index is 932. The number of aromatic nitrogens is 2. The molecule has 1 saturated heterocycles. The van der Waals surface area contributed by atoms with Crippen LogP contribution in [0.2, 0.25) is 4.34 Å². The summed E-state index contributed by atoms with van der Waals surface area (Å²) in [6.45, 7) is 0.708. The zero-order valence-corrected chi connectivity index (χ0v) is 15.6. The van der Waals surface area contributed by atoms with Gasteiger partial charge >= 0.3 is 0 Å². The van der Waals surface area contributed by atoms with Crippen LogP contribution in [-0.4, -0.2) is 33.1 Å². The third kappa shape index (κ3) is 3.39. The molecule has 5 nitrogen and oxygen atoms in total. The number of Topliss-reactive ketones (excluding diaryl/α,β-unsaturated/α-hetero) is 1. The lowest BCUT2D eigenvalue weighted by atomic mass is 10.1. The van der Waals surface area contributed by atoms with E-state index in [1.54, 1.807) is 12.1 Å². The van der Waals surface area contributed by atoms with Crippen molar-refractivity contribution in [2.75, 3.05) is 6.54 Å². The van der Waals surface area contributed by atoms with E-state index in [4.69, 9.17) is 11.6 Å². The number of benzene rings is 1. The van der Waals surface area contributed by atoms with Crippen LogP contribution in [-0.2, 0) is 4.79 Å². The second-order valence-corrected chi connectivity index (χ2v) is 8.13. The molecule has 0 bridgehead atoms. The van der Waals surface area contributed by atoms with Gasteiger partial charge in [-0.25, -0.2) is 4.98 Å². The largest absolute Gasteiger partial charge is 0.340 e. The molecule has 1 unspecified atom stereocenters. The standard InChI is InChI=1S/C19H18ClN3O2S/c20-17-9-8-16(26-17)15(24)7-10-18(25)23-11-3-6-14(23)19-21-12-4-1-2-5-13(12)22-19/h1-2,4-5,8-9,14H,3,6-7,10-11H2,(H,21,22). The fourth-order valence-electron chi connectivity index (χ4n) is 3.43. The Hall–Kier alpha value is -2.18. The highest BCUT2D eigenvalue weighted by Gasteiger charge is 2.32. The summed E-state index contributed by atoms with van der Waals surface area (Å²) in [4.78, 5) is 35.3. The van der Waals surface area contributed by atoms with Gasteiger partial charge < -0.3 is 9.88 Å². The number of likely N-dealkylation sites (tertiary alicyclic amines) is 1. The fourth-order valence-corrected chi connectivity index (χ4v) is 4.44. The number of H-pyrrole nitrogens is 1. The predicted molar refractivity (Wildman–Crippen MR) is 103 cm³/mol. The van der Waals surface area contributed by atoms with Gasteiger partial charge in [-0.1, -0.05) is 23.7 Å². The minimum Gasteiger partial charge on any atom is -0.340 e. The molecule has 1 aromatic carbocycles. The molecule has 7 heteroatoms. The smallest absolute Gasteiger partial charge is 0.223 e. The lowest BCUT2D eigenvalue weighted by molar-refractivity contribution is -0.132. The zero-order valence-electron chi connectivity index (χ0n) is 14.1. The molecule has 4 rings (SSSR count). The van der Waals surface area contributed by atoms with Crippen LogP contribution in [0.3, 0.4) is 0 Å². The molecule has 1 fully saturated rings. The van der Waals surface area contributed by atoms with Gasteiger partial charge in [-0.15, -0.1) is 11.3 Å². The number of hydrogen-bond donors (Lipinski definition) is 1. The van der Waals surface area contributed by atoms with E-state index in [9.17, 15) is 9.59 Å². The van der Waals surface area contributed by atoms with E-state index in [0.29, 0.717) is 15.8 Å². The van der Waals surface area contributed by atoms with Crippen LogP contribution < -0.4 is 0 Å². The Morgan fingerprint density at radius 1 is 1.23 bits per heavy atom. The molecule has 1 N–H and O–H groups in total. The van der Waals surface area contributed by atoms with Crippen LogP contribution in [0.25, 0.3) is 11.0 Å². The van der Waals surface area contributed by atoms with Crippen LogP contribution in [0.15, 0.2) is 36.4 Å². The number of nitrogens with zero attached hydrogens (tertiary/aromatic N) is 2. The lowest BCUT2D eigenvalue weighted by Gasteiger charge is -2.23. The Balaban J connectivity index is 1.44. The highest BCUT2D eigenvalue weighted by molar-refractivity contribution is 7.18. The van der Waals surface area contributed by atoms with Crippen LogP contribution in [0.5, 0.6) is 0 Å². The first-order chi connectivity index (χ1) is 12.6. The van der Waals surface area contributed by atoms with Crippen molar-refractivity contribution in [2.45, 2.75) is 31.7 Å². The topological polar surface area (TPSA) is 66.1 Å². The Morgan fingerprint density at radius 3 is 2.85 bits per heavy atom. The van der Waals surface area contributed by atoms with Gasteiger partial charge in [-0.2, -0.15) is 0 Å². The Labute approximate surface area is 160 Å². The number of para-hydroxylation sites is 2. The summed E-state index contributed by atoms with van der Waals surface area (Å²) in [7, 11) is 0. The first-order valence-corrected chi connectivity index (χ1v) is 9.84. The van der Waals surface area contributed by atoms with Crippen LogP contribution in [0.1, 0.15) is 47.2 Å². The second kappa shape index (κ2) is 7.21. The molecule has 2 aromatic heterocycles. The van der Waals surface area contributed by atoms with E-state index in [2.05, 4.69) is 9.97 Å². The average Bonchev–Trinajstić information content (AvgIpc) is 3.36. The normalized spacial score (nSPS) is 17.1. The number of aromatic amines is 1. The minimum atomic E-state index is -0.0406. The van der Waals surface area contributed by atoms with E-state index in [1.807, 2.05) is 29.2 Å². The number of hydrogen-bond acceptors (Lipinski definition) is 4. The van der Waals surface area contributed by atoms with E-state index in [1.165, 1.54) is 11.3 Å². The Morgan fingerprint density at radius 2 is 2.08 bits per heavy atom. The summed E-state index contributed by atoms with van der Waals surface area (Å²) in [6.07, 6.45) is 2.26.